The molecule has 1 unspecified atom stereocenters. The van der Waals surface area contributed by atoms with Gasteiger partial charge in [0.15, 0.2) is 0 Å². The molecule has 2 rings (SSSR count). The summed E-state index contributed by atoms with van der Waals surface area (Å²) in [6.45, 7) is 5.95. The van der Waals surface area contributed by atoms with Gasteiger partial charge in [-0.15, -0.1) is 0 Å². The first-order valence-corrected chi connectivity index (χ1v) is 8.83. The monoisotopic (exact) mass is 296 g/mol. The normalized spacial score (nSPS) is 18.6. The minimum atomic E-state index is -3.21. The van der Waals surface area contributed by atoms with E-state index in [1.807, 2.05) is 18.2 Å². The molecule has 1 fully saturated rings. The van der Waals surface area contributed by atoms with Gasteiger partial charge in [0.1, 0.15) is 0 Å². The molecule has 1 saturated heterocycles. The van der Waals surface area contributed by atoms with E-state index in [9.17, 15) is 8.42 Å². The molecule has 1 heterocycles. The molecule has 1 aliphatic rings. The molecule has 0 spiro atoms. The van der Waals surface area contributed by atoms with Crippen LogP contribution in [0.1, 0.15) is 38.3 Å². The number of likely N-dealkylation sites (tertiary alicyclic amines) is 1. The van der Waals surface area contributed by atoms with Crippen molar-refractivity contribution in [2.24, 2.45) is 0 Å². The molecule has 1 N–H and O–H groups in total. The molecule has 0 aliphatic carbocycles. The third-order valence-electron chi connectivity index (χ3n) is 3.86. The Morgan fingerprint density at radius 1 is 1.15 bits per heavy atom. The first-order chi connectivity index (χ1) is 9.50. The van der Waals surface area contributed by atoms with Crippen LogP contribution >= 0.6 is 0 Å². The topological polar surface area (TPSA) is 49.4 Å². The average Bonchev–Trinajstić information content (AvgIpc) is 2.94. The van der Waals surface area contributed by atoms with Crippen molar-refractivity contribution in [2.45, 2.75) is 38.0 Å². The van der Waals surface area contributed by atoms with Crippen LogP contribution in [0, 0.1) is 0 Å². The number of hydrogen-bond acceptors (Lipinski definition) is 3. The van der Waals surface area contributed by atoms with Crippen LogP contribution in [0.25, 0.3) is 0 Å². The molecule has 1 aromatic carbocycles. The maximum absolute atomic E-state index is 12.0. The van der Waals surface area contributed by atoms with Gasteiger partial charge < -0.3 is 0 Å². The molecule has 5 heteroatoms. The van der Waals surface area contributed by atoms with E-state index in [0.29, 0.717) is 6.54 Å². The van der Waals surface area contributed by atoms with Crippen molar-refractivity contribution in [1.29, 1.82) is 0 Å². The first-order valence-electron chi connectivity index (χ1n) is 7.28. The summed E-state index contributed by atoms with van der Waals surface area (Å²) < 4.78 is 26.7. The van der Waals surface area contributed by atoms with Crippen LogP contribution in [0.4, 0.5) is 0 Å². The molecule has 4 nitrogen and oxygen atoms in total. The van der Waals surface area contributed by atoms with Crippen molar-refractivity contribution in [3.05, 3.63) is 35.9 Å². The SMILES string of the molecule is CC(C)S(=O)(=O)NCC(c1ccccc1)N1CCCC1. The summed E-state index contributed by atoms with van der Waals surface area (Å²) in [6.07, 6.45) is 2.39. The van der Waals surface area contributed by atoms with E-state index in [4.69, 9.17) is 0 Å². The lowest BCUT2D eigenvalue weighted by atomic mass is 10.1. The van der Waals surface area contributed by atoms with Gasteiger partial charge in [-0.3, -0.25) is 4.90 Å². The summed E-state index contributed by atoms with van der Waals surface area (Å²) in [6, 6.07) is 10.3. The summed E-state index contributed by atoms with van der Waals surface area (Å²) in [5.74, 6) is 0. The average molecular weight is 296 g/mol. The summed E-state index contributed by atoms with van der Waals surface area (Å²) in [5.41, 5.74) is 1.18. The van der Waals surface area contributed by atoms with Crippen LogP contribution in [0.2, 0.25) is 0 Å². The van der Waals surface area contributed by atoms with E-state index in [0.717, 1.165) is 13.1 Å². The van der Waals surface area contributed by atoms with Crippen molar-refractivity contribution in [3.8, 4) is 0 Å². The molecule has 1 aliphatic heterocycles. The minimum Gasteiger partial charge on any atom is -0.295 e. The first kappa shape index (κ1) is 15.5. The number of sulfonamides is 1. The Kier molecular flexibility index (Phi) is 5.18. The maximum Gasteiger partial charge on any atom is 0.213 e. The zero-order valence-corrected chi connectivity index (χ0v) is 13.1. The number of benzene rings is 1. The van der Waals surface area contributed by atoms with Gasteiger partial charge in [0, 0.05) is 12.6 Å². The molecule has 0 aromatic heterocycles. The summed E-state index contributed by atoms with van der Waals surface area (Å²) in [7, 11) is -3.21. The van der Waals surface area contributed by atoms with E-state index in [2.05, 4.69) is 21.8 Å². The molecule has 0 radical (unpaired) electrons. The highest BCUT2D eigenvalue weighted by molar-refractivity contribution is 7.90. The van der Waals surface area contributed by atoms with Crippen LogP contribution in [0.3, 0.4) is 0 Å². The third-order valence-corrected chi connectivity index (χ3v) is 5.67. The molecule has 0 amide bonds. The highest BCUT2D eigenvalue weighted by Gasteiger charge is 2.25. The van der Waals surface area contributed by atoms with Crippen LogP contribution < -0.4 is 4.72 Å². The van der Waals surface area contributed by atoms with Gasteiger partial charge >= 0.3 is 0 Å². The Labute approximate surface area is 122 Å². The predicted octanol–water partition coefficient (Wildman–Crippen LogP) is 2.15. The lowest BCUT2D eigenvalue weighted by Crippen LogP contribution is -2.39. The van der Waals surface area contributed by atoms with E-state index in [-0.39, 0.29) is 6.04 Å². The smallest absolute Gasteiger partial charge is 0.213 e. The lowest BCUT2D eigenvalue weighted by molar-refractivity contribution is 0.246. The fourth-order valence-electron chi connectivity index (χ4n) is 2.55. The molecule has 0 bridgehead atoms. The van der Waals surface area contributed by atoms with Crippen LogP contribution in [-0.2, 0) is 10.0 Å². The van der Waals surface area contributed by atoms with Gasteiger partial charge in [-0.2, -0.15) is 0 Å². The fourth-order valence-corrected chi connectivity index (χ4v) is 3.27. The van der Waals surface area contributed by atoms with Gasteiger partial charge in [0.05, 0.1) is 5.25 Å². The van der Waals surface area contributed by atoms with E-state index < -0.39 is 15.3 Å². The standard InChI is InChI=1S/C15H24N2O2S/c1-13(2)20(18,19)16-12-15(17-10-6-7-11-17)14-8-4-3-5-9-14/h3-5,8-9,13,15-16H,6-7,10-12H2,1-2H3. The minimum absolute atomic E-state index is 0.132. The number of nitrogens with one attached hydrogen (secondary N) is 1. The van der Waals surface area contributed by atoms with Crippen molar-refractivity contribution in [1.82, 2.24) is 9.62 Å². The maximum atomic E-state index is 12.0. The lowest BCUT2D eigenvalue weighted by Gasteiger charge is -2.28. The van der Waals surface area contributed by atoms with Crippen molar-refractivity contribution in [2.75, 3.05) is 19.6 Å². The summed E-state index contributed by atoms with van der Waals surface area (Å²) in [4.78, 5) is 2.37. The molecular weight excluding hydrogens is 272 g/mol. The van der Waals surface area contributed by atoms with Crippen molar-refractivity contribution < 1.29 is 8.42 Å². The Hall–Kier alpha value is -0.910. The van der Waals surface area contributed by atoms with Crippen LogP contribution in [0.5, 0.6) is 0 Å². The highest BCUT2D eigenvalue weighted by Crippen LogP contribution is 2.24. The Balaban J connectivity index is 2.12. The predicted molar refractivity (Wildman–Crippen MR) is 82.0 cm³/mol. The quantitative estimate of drug-likeness (QED) is 0.875. The van der Waals surface area contributed by atoms with Crippen LogP contribution in [0.15, 0.2) is 30.3 Å². The Bertz CT molecular complexity index is 508. The van der Waals surface area contributed by atoms with Crippen LogP contribution in [-0.4, -0.2) is 38.2 Å². The van der Waals surface area contributed by atoms with E-state index in [1.54, 1.807) is 13.8 Å². The molecule has 112 valence electrons. The van der Waals surface area contributed by atoms with Gasteiger partial charge in [0.2, 0.25) is 10.0 Å². The number of nitrogens with zero attached hydrogens (tertiary/aromatic N) is 1. The molecule has 1 atom stereocenters. The summed E-state index contributed by atoms with van der Waals surface area (Å²) in [5, 5.41) is -0.391. The van der Waals surface area contributed by atoms with Gasteiger partial charge in [-0.1, -0.05) is 30.3 Å². The highest BCUT2D eigenvalue weighted by atomic mass is 32.2. The van der Waals surface area contributed by atoms with E-state index >= 15 is 0 Å². The summed E-state index contributed by atoms with van der Waals surface area (Å²) >= 11 is 0. The van der Waals surface area contributed by atoms with Crippen molar-refractivity contribution >= 4 is 10.0 Å². The second kappa shape index (κ2) is 6.70. The molecular formula is C15H24N2O2S. The zero-order valence-electron chi connectivity index (χ0n) is 12.2. The van der Waals surface area contributed by atoms with Crippen molar-refractivity contribution in [3.63, 3.8) is 0 Å². The number of hydrogen-bond donors (Lipinski definition) is 1. The van der Waals surface area contributed by atoms with E-state index in [1.165, 1.54) is 18.4 Å². The second-order valence-electron chi connectivity index (χ2n) is 5.61. The zero-order chi connectivity index (χ0) is 14.6. The van der Waals surface area contributed by atoms with Gasteiger partial charge in [0.25, 0.3) is 0 Å². The van der Waals surface area contributed by atoms with Gasteiger partial charge in [-0.05, 0) is 45.3 Å². The molecule has 1 aromatic rings. The largest absolute Gasteiger partial charge is 0.295 e. The molecule has 0 saturated carbocycles. The third kappa shape index (κ3) is 3.81. The fraction of sp³-hybridized carbons (Fsp3) is 0.600. The Morgan fingerprint density at radius 3 is 2.30 bits per heavy atom. The Morgan fingerprint density at radius 2 is 1.75 bits per heavy atom. The number of rotatable bonds is 6. The molecule has 20 heavy (non-hydrogen) atoms. The second-order valence-corrected chi connectivity index (χ2v) is 7.93. The van der Waals surface area contributed by atoms with Gasteiger partial charge in [-0.25, -0.2) is 13.1 Å².